The normalized spacial score (nSPS) is 24.9. The second-order valence-electron chi connectivity index (χ2n) is 9.53. The van der Waals surface area contributed by atoms with Crippen molar-refractivity contribution in [2.24, 2.45) is 0 Å². The van der Waals surface area contributed by atoms with E-state index in [9.17, 15) is 0 Å². The average Bonchev–Trinajstić information content (AvgIpc) is 3.46. The Labute approximate surface area is 191 Å². The molecular weight excluding hydrogens is 398 g/mol. The van der Waals surface area contributed by atoms with Crippen molar-refractivity contribution >= 4 is 22.7 Å². The predicted molar refractivity (Wildman–Crippen MR) is 134 cm³/mol. The van der Waals surface area contributed by atoms with Crippen LogP contribution >= 0.6 is 11.8 Å². The Morgan fingerprint density at radius 3 is 2.48 bits per heavy atom. The van der Waals surface area contributed by atoms with Crippen LogP contribution in [0.5, 0.6) is 0 Å². The number of H-pyrrole nitrogens is 1. The Morgan fingerprint density at radius 2 is 1.77 bits per heavy atom. The number of rotatable bonds is 6. The van der Waals surface area contributed by atoms with Gasteiger partial charge in [0, 0.05) is 46.9 Å². The summed E-state index contributed by atoms with van der Waals surface area (Å²) in [4.78, 5) is 8.95. The molecule has 0 amide bonds. The number of aromatic amines is 1. The monoisotopic (exact) mass is 433 g/mol. The Kier molecular flexibility index (Phi) is 6.14. The van der Waals surface area contributed by atoms with Crippen molar-refractivity contribution in [3.8, 4) is 0 Å². The topological polar surface area (TPSA) is 22.3 Å². The standard InChI is InChI=1S/C27H35N3S/c1-29(2)27(22-8-4-3-5-9-22)15-12-21(13-16-27)26-24(14-17-30-18-19-31-20-30)23-10-6-7-11-25(23)28-26/h3-11,21,28H,12-20H2,1-2H3. The van der Waals surface area contributed by atoms with E-state index < -0.39 is 0 Å². The highest BCUT2D eigenvalue weighted by Gasteiger charge is 2.39. The Hall–Kier alpha value is -1.75. The van der Waals surface area contributed by atoms with E-state index in [-0.39, 0.29) is 5.54 Å². The van der Waals surface area contributed by atoms with E-state index in [0.29, 0.717) is 5.92 Å². The van der Waals surface area contributed by atoms with E-state index in [1.807, 2.05) is 0 Å². The van der Waals surface area contributed by atoms with Crippen molar-refractivity contribution in [2.75, 3.05) is 38.8 Å². The third-order valence-corrected chi connectivity index (χ3v) is 8.76. The summed E-state index contributed by atoms with van der Waals surface area (Å²) in [6.45, 7) is 2.43. The largest absolute Gasteiger partial charge is 0.358 e. The molecule has 0 radical (unpaired) electrons. The zero-order chi connectivity index (χ0) is 21.3. The van der Waals surface area contributed by atoms with Crippen LogP contribution < -0.4 is 0 Å². The molecular formula is C27H35N3S. The maximum absolute atomic E-state index is 3.87. The first-order valence-electron chi connectivity index (χ1n) is 11.8. The summed E-state index contributed by atoms with van der Waals surface area (Å²) in [5, 5.41) is 1.44. The lowest BCUT2D eigenvalue weighted by Gasteiger charge is -2.45. The van der Waals surface area contributed by atoms with Gasteiger partial charge < -0.3 is 4.98 Å². The fourth-order valence-corrected chi connectivity index (χ4v) is 6.90. The third kappa shape index (κ3) is 4.06. The van der Waals surface area contributed by atoms with Crippen LogP contribution in [0.1, 0.15) is 48.4 Å². The summed E-state index contributed by atoms with van der Waals surface area (Å²) in [5.74, 6) is 3.12. The summed E-state index contributed by atoms with van der Waals surface area (Å²) in [5.41, 5.74) is 6.05. The lowest BCUT2D eigenvalue weighted by molar-refractivity contribution is 0.0903. The van der Waals surface area contributed by atoms with Crippen LogP contribution in [-0.2, 0) is 12.0 Å². The van der Waals surface area contributed by atoms with Gasteiger partial charge in [0.15, 0.2) is 0 Å². The van der Waals surface area contributed by atoms with E-state index in [1.54, 1.807) is 5.56 Å². The molecule has 1 saturated heterocycles. The molecule has 3 aromatic rings. The van der Waals surface area contributed by atoms with Crippen LogP contribution in [0, 0.1) is 0 Å². The summed E-state index contributed by atoms with van der Waals surface area (Å²) in [7, 11) is 4.52. The molecule has 0 unspecified atom stereocenters. The molecule has 0 bridgehead atoms. The van der Waals surface area contributed by atoms with Crippen molar-refractivity contribution < 1.29 is 0 Å². The van der Waals surface area contributed by atoms with E-state index in [2.05, 4.69) is 95.2 Å². The van der Waals surface area contributed by atoms with Gasteiger partial charge in [-0.05, 0) is 69.3 Å². The van der Waals surface area contributed by atoms with Gasteiger partial charge in [0.1, 0.15) is 0 Å². The molecule has 0 atom stereocenters. The molecule has 1 saturated carbocycles. The quantitative estimate of drug-likeness (QED) is 0.529. The van der Waals surface area contributed by atoms with Gasteiger partial charge in [-0.3, -0.25) is 9.80 Å². The van der Waals surface area contributed by atoms with Crippen LogP contribution in [0.25, 0.3) is 10.9 Å². The average molecular weight is 434 g/mol. The number of hydrogen-bond acceptors (Lipinski definition) is 3. The van der Waals surface area contributed by atoms with Gasteiger partial charge in [-0.2, -0.15) is 0 Å². The number of nitrogens with one attached hydrogen (secondary N) is 1. The maximum Gasteiger partial charge on any atom is 0.0459 e. The highest BCUT2D eigenvalue weighted by molar-refractivity contribution is 7.99. The van der Waals surface area contributed by atoms with Crippen LogP contribution in [0.2, 0.25) is 0 Å². The number of hydrogen-bond donors (Lipinski definition) is 1. The van der Waals surface area contributed by atoms with Gasteiger partial charge in [-0.25, -0.2) is 0 Å². The second-order valence-corrected chi connectivity index (χ2v) is 10.6. The highest BCUT2D eigenvalue weighted by Crippen LogP contribution is 2.47. The van der Waals surface area contributed by atoms with Crippen molar-refractivity contribution in [2.45, 2.75) is 43.6 Å². The minimum Gasteiger partial charge on any atom is -0.358 e. The fourth-order valence-electron chi connectivity index (χ4n) is 5.86. The van der Waals surface area contributed by atoms with E-state index in [4.69, 9.17) is 0 Å². The summed E-state index contributed by atoms with van der Waals surface area (Å²) < 4.78 is 0. The molecule has 1 aliphatic carbocycles. The summed E-state index contributed by atoms with van der Waals surface area (Å²) in [6.07, 6.45) is 6.07. The van der Waals surface area contributed by atoms with Crippen LogP contribution in [0.4, 0.5) is 0 Å². The van der Waals surface area contributed by atoms with Crippen molar-refractivity contribution in [1.82, 2.24) is 14.8 Å². The minimum atomic E-state index is 0.163. The predicted octanol–water partition coefficient (Wildman–Crippen LogP) is 5.83. The van der Waals surface area contributed by atoms with E-state index in [1.165, 1.54) is 72.6 Å². The molecule has 0 spiro atoms. The molecule has 31 heavy (non-hydrogen) atoms. The Bertz CT molecular complexity index is 996. The third-order valence-electron chi connectivity index (χ3n) is 7.74. The first-order chi connectivity index (χ1) is 15.2. The molecule has 1 N–H and O–H groups in total. The van der Waals surface area contributed by atoms with Crippen molar-refractivity contribution in [3.63, 3.8) is 0 Å². The zero-order valence-corrected chi connectivity index (χ0v) is 19.8. The Morgan fingerprint density at radius 1 is 1.03 bits per heavy atom. The molecule has 4 heteroatoms. The van der Waals surface area contributed by atoms with Crippen LogP contribution in [-0.4, -0.2) is 53.6 Å². The summed E-state index contributed by atoms with van der Waals surface area (Å²) >= 11 is 2.07. The molecule has 5 rings (SSSR count). The molecule has 2 fully saturated rings. The van der Waals surface area contributed by atoms with E-state index >= 15 is 0 Å². The number of para-hydroxylation sites is 1. The number of fused-ring (bicyclic) bond motifs is 1. The van der Waals surface area contributed by atoms with Crippen LogP contribution in [0.15, 0.2) is 54.6 Å². The summed E-state index contributed by atoms with van der Waals surface area (Å²) in [6, 6.07) is 20.1. The number of benzene rings is 2. The molecule has 2 aliphatic rings. The van der Waals surface area contributed by atoms with Gasteiger partial charge in [0.25, 0.3) is 0 Å². The fraction of sp³-hybridized carbons (Fsp3) is 0.481. The first-order valence-corrected chi connectivity index (χ1v) is 13.0. The van der Waals surface area contributed by atoms with Gasteiger partial charge in [-0.1, -0.05) is 48.5 Å². The molecule has 164 valence electrons. The molecule has 1 aromatic heterocycles. The second kappa shape index (κ2) is 9.01. The number of aromatic nitrogens is 1. The lowest BCUT2D eigenvalue weighted by atomic mass is 9.70. The van der Waals surface area contributed by atoms with Crippen molar-refractivity contribution in [1.29, 1.82) is 0 Å². The van der Waals surface area contributed by atoms with Crippen LogP contribution in [0.3, 0.4) is 0 Å². The smallest absolute Gasteiger partial charge is 0.0459 e. The van der Waals surface area contributed by atoms with Gasteiger partial charge in [0.05, 0.1) is 0 Å². The number of nitrogens with zero attached hydrogens (tertiary/aromatic N) is 2. The number of thioether (sulfide) groups is 1. The molecule has 1 aliphatic heterocycles. The van der Waals surface area contributed by atoms with Gasteiger partial charge >= 0.3 is 0 Å². The van der Waals surface area contributed by atoms with Crippen molar-refractivity contribution in [3.05, 3.63) is 71.4 Å². The lowest BCUT2D eigenvalue weighted by Crippen LogP contribution is -2.44. The zero-order valence-electron chi connectivity index (χ0n) is 18.9. The molecule has 2 heterocycles. The van der Waals surface area contributed by atoms with Gasteiger partial charge in [-0.15, -0.1) is 11.8 Å². The highest BCUT2D eigenvalue weighted by atomic mass is 32.2. The Balaban J connectivity index is 1.40. The SMILES string of the molecule is CN(C)C1(c2ccccc2)CCC(c2[nH]c3ccccc3c2CCN2CCSC2)CC1. The van der Waals surface area contributed by atoms with E-state index in [0.717, 1.165) is 6.42 Å². The van der Waals surface area contributed by atoms with Gasteiger partial charge in [0.2, 0.25) is 0 Å². The maximum atomic E-state index is 3.87. The molecule has 3 nitrogen and oxygen atoms in total. The first kappa shape index (κ1) is 21.1. The molecule has 2 aromatic carbocycles. The minimum absolute atomic E-state index is 0.163.